The number of nitrogens with one attached hydrogen (secondary N) is 1. The number of hydrogen-bond donors (Lipinski definition) is 2. The number of amides is 1. The van der Waals surface area contributed by atoms with Crippen molar-refractivity contribution in [2.24, 2.45) is 0 Å². The van der Waals surface area contributed by atoms with Crippen molar-refractivity contribution in [3.8, 4) is 17.0 Å². The van der Waals surface area contributed by atoms with Gasteiger partial charge in [-0.2, -0.15) is 0 Å². The molecule has 2 N–H and O–H groups in total. The number of carbonyl (C=O) groups excluding carboxylic acids is 1. The lowest BCUT2D eigenvalue weighted by Gasteiger charge is -2.41. The number of pyridine rings is 1. The van der Waals surface area contributed by atoms with E-state index in [9.17, 15) is 14.7 Å². The Hall–Kier alpha value is -4.25. The first-order valence-electron chi connectivity index (χ1n) is 12.2. The van der Waals surface area contributed by atoms with Crippen molar-refractivity contribution in [3.05, 3.63) is 54.5 Å². The summed E-state index contributed by atoms with van der Waals surface area (Å²) in [4.78, 5) is 39.9. The van der Waals surface area contributed by atoms with Gasteiger partial charge >= 0.3 is 6.09 Å². The fourth-order valence-electron chi connectivity index (χ4n) is 5.22. The zero-order chi connectivity index (χ0) is 25.4. The Morgan fingerprint density at radius 3 is 2.70 bits per heavy atom. The third kappa shape index (κ3) is 4.20. The first kappa shape index (κ1) is 23.2. The summed E-state index contributed by atoms with van der Waals surface area (Å²) in [6, 6.07) is 10.8. The molecule has 11 nitrogen and oxygen atoms in total. The predicted octanol–water partition coefficient (Wildman–Crippen LogP) is 3.05. The van der Waals surface area contributed by atoms with Crippen molar-refractivity contribution >= 4 is 29.7 Å². The Morgan fingerprint density at radius 2 is 1.95 bits per heavy atom. The molecule has 2 aromatic heterocycles. The minimum atomic E-state index is -1.08. The summed E-state index contributed by atoms with van der Waals surface area (Å²) >= 11 is 0. The van der Waals surface area contributed by atoms with Crippen molar-refractivity contribution in [1.82, 2.24) is 19.9 Å². The highest BCUT2D eigenvalue weighted by molar-refractivity contribution is 5.74. The summed E-state index contributed by atoms with van der Waals surface area (Å²) in [6.07, 6.45) is 4.53. The number of ether oxygens (including phenoxy) is 2. The summed E-state index contributed by atoms with van der Waals surface area (Å²) in [5, 5.41) is 12.6. The number of anilines is 3. The highest BCUT2D eigenvalue weighted by Gasteiger charge is 2.44. The molecule has 6 rings (SSSR count). The van der Waals surface area contributed by atoms with Gasteiger partial charge in [-0.05, 0) is 36.4 Å². The van der Waals surface area contributed by atoms with Crippen LogP contribution in [0.2, 0.25) is 0 Å². The maximum Gasteiger partial charge on any atom is 0.408 e. The van der Waals surface area contributed by atoms with Crippen LogP contribution in [0.5, 0.6) is 5.75 Å². The molecule has 0 saturated carbocycles. The zero-order valence-corrected chi connectivity index (χ0v) is 20.0. The van der Waals surface area contributed by atoms with Gasteiger partial charge in [0.25, 0.3) is 0 Å². The second kappa shape index (κ2) is 9.32. The normalized spacial score (nSPS) is 19.9. The smallest absolute Gasteiger partial charge is 0.408 e. The van der Waals surface area contributed by atoms with Crippen LogP contribution in [-0.4, -0.2) is 76.2 Å². The number of benzene rings is 1. The number of aromatic nitrogens is 3. The number of aldehydes is 1. The average Bonchev–Trinajstić information content (AvgIpc) is 2.94. The van der Waals surface area contributed by atoms with Crippen molar-refractivity contribution in [2.75, 3.05) is 43.1 Å². The van der Waals surface area contributed by atoms with Gasteiger partial charge in [-0.3, -0.25) is 9.88 Å². The lowest BCUT2D eigenvalue weighted by Crippen LogP contribution is -2.55. The number of carboxylic acid groups (broad SMARTS) is 1. The molecular weight excluding hydrogens is 476 g/mol. The molecule has 1 spiro atoms. The summed E-state index contributed by atoms with van der Waals surface area (Å²) in [5.41, 5.74) is 3.55. The summed E-state index contributed by atoms with van der Waals surface area (Å²) in [5.74, 6) is 1.19. The standard InChI is InChI=1S/C26H26N6O5/c33-16-19-15-31(10-11-32(19)25(34)35)18-5-3-17(4-6-18)29-24-28-14-20-22-21(2-1-9-27-22)37-26(23(20)30-24)7-12-36-13-8-26/h1-6,9,14,16,19H,7-8,10-13,15H2,(H,34,35)(H,28,29,30). The molecule has 3 aliphatic rings. The maximum absolute atomic E-state index is 11.4. The van der Waals surface area contributed by atoms with E-state index in [2.05, 4.69) is 15.3 Å². The highest BCUT2D eigenvalue weighted by atomic mass is 16.5. The van der Waals surface area contributed by atoms with Crippen LogP contribution in [0, 0.1) is 0 Å². The topological polar surface area (TPSA) is 130 Å². The van der Waals surface area contributed by atoms with E-state index in [1.165, 1.54) is 4.90 Å². The molecule has 0 bridgehead atoms. The SMILES string of the molecule is O=CC1CN(c2ccc(Nc3ncc4c(n3)C3(CCOCC3)Oc3cccnc3-4)cc2)CCN1C(=O)O. The van der Waals surface area contributed by atoms with Crippen LogP contribution in [0.4, 0.5) is 22.1 Å². The highest BCUT2D eigenvalue weighted by Crippen LogP contribution is 2.47. The summed E-state index contributed by atoms with van der Waals surface area (Å²) in [6.45, 7) is 2.29. The molecule has 3 aromatic rings. The van der Waals surface area contributed by atoms with Crippen LogP contribution in [-0.2, 0) is 15.1 Å². The van der Waals surface area contributed by atoms with Crippen LogP contribution in [0.25, 0.3) is 11.3 Å². The molecule has 0 aliphatic carbocycles. The first-order chi connectivity index (χ1) is 18.1. The number of fused-ring (bicyclic) bond motifs is 4. The molecule has 1 aromatic carbocycles. The van der Waals surface area contributed by atoms with Gasteiger partial charge in [0.1, 0.15) is 23.8 Å². The molecule has 1 unspecified atom stereocenters. The van der Waals surface area contributed by atoms with Gasteiger partial charge in [-0.1, -0.05) is 0 Å². The Balaban J connectivity index is 1.23. The Kier molecular flexibility index (Phi) is 5.84. The Morgan fingerprint density at radius 1 is 1.14 bits per heavy atom. The van der Waals surface area contributed by atoms with Crippen LogP contribution >= 0.6 is 0 Å². The monoisotopic (exact) mass is 502 g/mol. The number of piperazine rings is 1. The summed E-state index contributed by atoms with van der Waals surface area (Å²) in [7, 11) is 0. The largest absolute Gasteiger partial charge is 0.478 e. The average molecular weight is 503 g/mol. The van der Waals surface area contributed by atoms with Gasteiger partial charge in [0.05, 0.1) is 18.9 Å². The van der Waals surface area contributed by atoms with E-state index >= 15 is 0 Å². The lowest BCUT2D eigenvalue weighted by molar-refractivity contribution is -0.112. The quantitative estimate of drug-likeness (QED) is 0.513. The van der Waals surface area contributed by atoms with Gasteiger partial charge in [-0.15, -0.1) is 0 Å². The molecule has 5 heterocycles. The van der Waals surface area contributed by atoms with Gasteiger partial charge in [0.15, 0.2) is 5.60 Å². The molecule has 2 fully saturated rings. The van der Waals surface area contributed by atoms with E-state index in [0.29, 0.717) is 51.4 Å². The van der Waals surface area contributed by atoms with Gasteiger partial charge in [0, 0.05) is 61.8 Å². The van der Waals surface area contributed by atoms with Gasteiger partial charge in [0.2, 0.25) is 5.95 Å². The van der Waals surface area contributed by atoms with E-state index in [0.717, 1.165) is 34.1 Å². The van der Waals surface area contributed by atoms with E-state index in [1.54, 1.807) is 12.4 Å². The number of hydrogen-bond acceptors (Lipinski definition) is 9. The number of carbonyl (C=O) groups is 2. The van der Waals surface area contributed by atoms with Crippen molar-refractivity contribution in [2.45, 2.75) is 24.5 Å². The molecule has 0 radical (unpaired) electrons. The van der Waals surface area contributed by atoms with E-state index in [-0.39, 0.29) is 6.54 Å². The van der Waals surface area contributed by atoms with Crippen molar-refractivity contribution < 1.29 is 24.2 Å². The maximum atomic E-state index is 11.4. The molecular formula is C26H26N6O5. The first-order valence-corrected chi connectivity index (χ1v) is 12.2. The Labute approximate surface area is 213 Å². The molecule has 11 heteroatoms. The minimum absolute atomic E-state index is 0.272. The molecule has 1 amide bonds. The van der Waals surface area contributed by atoms with Crippen LogP contribution in [0.15, 0.2) is 48.8 Å². The second-order valence-electron chi connectivity index (χ2n) is 9.31. The van der Waals surface area contributed by atoms with Crippen LogP contribution < -0.4 is 15.0 Å². The second-order valence-corrected chi connectivity index (χ2v) is 9.31. The van der Waals surface area contributed by atoms with Crippen LogP contribution in [0.3, 0.4) is 0 Å². The van der Waals surface area contributed by atoms with Crippen LogP contribution in [0.1, 0.15) is 18.5 Å². The third-order valence-electron chi connectivity index (χ3n) is 7.16. The minimum Gasteiger partial charge on any atom is -0.478 e. The van der Waals surface area contributed by atoms with Crippen molar-refractivity contribution in [1.29, 1.82) is 0 Å². The molecule has 1 atom stereocenters. The number of nitrogens with zero attached hydrogens (tertiary/aromatic N) is 5. The van der Waals surface area contributed by atoms with Gasteiger partial charge < -0.3 is 29.6 Å². The third-order valence-corrected chi connectivity index (χ3v) is 7.16. The molecule has 190 valence electrons. The summed E-state index contributed by atoms with van der Waals surface area (Å²) < 4.78 is 12.1. The Bertz CT molecular complexity index is 1330. The molecule has 37 heavy (non-hydrogen) atoms. The van der Waals surface area contributed by atoms with E-state index < -0.39 is 17.7 Å². The molecule has 2 saturated heterocycles. The van der Waals surface area contributed by atoms with Crippen molar-refractivity contribution in [3.63, 3.8) is 0 Å². The lowest BCUT2D eigenvalue weighted by atomic mass is 9.84. The zero-order valence-electron chi connectivity index (χ0n) is 20.0. The van der Waals surface area contributed by atoms with E-state index in [4.69, 9.17) is 14.5 Å². The predicted molar refractivity (Wildman–Crippen MR) is 134 cm³/mol. The number of rotatable bonds is 4. The van der Waals surface area contributed by atoms with E-state index in [1.807, 2.05) is 41.3 Å². The fourth-order valence-corrected chi connectivity index (χ4v) is 5.22. The van der Waals surface area contributed by atoms with Gasteiger partial charge in [-0.25, -0.2) is 14.8 Å². The fraction of sp³-hybridized carbons (Fsp3) is 0.346. The molecule has 3 aliphatic heterocycles.